The third-order valence-electron chi connectivity index (χ3n) is 3.96. The highest BCUT2D eigenvalue weighted by molar-refractivity contribution is 7.85. The van der Waals surface area contributed by atoms with Crippen molar-refractivity contribution in [2.24, 2.45) is 0 Å². The Morgan fingerprint density at radius 3 is 2.12 bits per heavy atom. The van der Waals surface area contributed by atoms with Crippen molar-refractivity contribution in [3.63, 3.8) is 0 Å². The Hall–Kier alpha value is -2.78. The zero-order chi connectivity index (χ0) is 17.8. The van der Waals surface area contributed by atoms with E-state index in [9.17, 15) is 9.00 Å². The molecule has 0 spiro atoms. The summed E-state index contributed by atoms with van der Waals surface area (Å²) in [6.07, 6.45) is 0. The molecule has 3 heteroatoms. The molecule has 0 amide bonds. The molecule has 0 bridgehead atoms. The Kier molecular flexibility index (Phi) is 5.05. The number of aryl methyl sites for hydroxylation is 1. The van der Waals surface area contributed by atoms with E-state index in [-0.39, 0.29) is 5.78 Å². The molecular weight excluding hydrogens is 328 g/mol. The first kappa shape index (κ1) is 17.1. The number of benzene rings is 3. The molecule has 2 nitrogen and oxygen atoms in total. The lowest BCUT2D eigenvalue weighted by Gasteiger charge is -2.11. The highest BCUT2D eigenvalue weighted by atomic mass is 32.2. The fourth-order valence-corrected chi connectivity index (χ4v) is 3.78. The minimum Gasteiger partial charge on any atom is -0.289 e. The Bertz CT molecular complexity index is 941. The van der Waals surface area contributed by atoms with Crippen LogP contribution in [0.3, 0.4) is 0 Å². The van der Waals surface area contributed by atoms with Crippen LogP contribution in [0.5, 0.6) is 0 Å². The van der Waals surface area contributed by atoms with Gasteiger partial charge in [-0.3, -0.25) is 4.79 Å². The maximum absolute atomic E-state index is 13.0. The van der Waals surface area contributed by atoms with Crippen LogP contribution in [0.15, 0.2) is 95.2 Å². The van der Waals surface area contributed by atoms with Gasteiger partial charge in [-0.15, -0.1) is 0 Å². The molecule has 0 aliphatic carbocycles. The zero-order valence-corrected chi connectivity index (χ0v) is 14.8. The monoisotopic (exact) mass is 346 g/mol. The summed E-state index contributed by atoms with van der Waals surface area (Å²) in [7, 11) is -1.37. The second-order valence-corrected chi connectivity index (χ2v) is 7.20. The zero-order valence-electron chi connectivity index (χ0n) is 13.9. The number of allylic oxidation sites excluding steroid dienone is 1. The molecule has 0 N–H and O–H groups in total. The van der Waals surface area contributed by atoms with Crippen molar-refractivity contribution in [1.82, 2.24) is 0 Å². The van der Waals surface area contributed by atoms with Gasteiger partial charge in [0.1, 0.15) is 0 Å². The van der Waals surface area contributed by atoms with Gasteiger partial charge >= 0.3 is 0 Å². The van der Waals surface area contributed by atoms with E-state index in [4.69, 9.17) is 0 Å². The first-order chi connectivity index (χ1) is 12.1. The first-order valence-electron chi connectivity index (χ1n) is 7.94. The van der Waals surface area contributed by atoms with Gasteiger partial charge in [0.2, 0.25) is 0 Å². The fraction of sp³-hybridized carbons (Fsp3) is 0.0455. The topological polar surface area (TPSA) is 34.1 Å². The molecule has 0 saturated carbocycles. The third-order valence-corrected chi connectivity index (χ3v) is 5.41. The predicted octanol–water partition coefficient (Wildman–Crippen LogP) is 5.06. The summed E-state index contributed by atoms with van der Waals surface area (Å²) in [5.41, 5.74) is 2.65. The van der Waals surface area contributed by atoms with Crippen molar-refractivity contribution >= 4 is 22.2 Å². The van der Waals surface area contributed by atoms with Crippen molar-refractivity contribution in [3.8, 4) is 0 Å². The minimum atomic E-state index is -1.37. The molecule has 3 aromatic rings. The molecule has 0 heterocycles. The number of carbonyl (C=O) groups is 1. The van der Waals surface area contributed by atoms with Crippen LogP contribution in [0.4, 0.5) is 0 Å². The molecule has 3 rings (SSSR count). The molecule has 124 valence electrons. The van der Waals surface area contributed by atoms with E-state index >= 15 is 0 Å². The molecule has 0 aromatic heterocycles. The molecule has 1 unspecified atom stereocenters. The van der Waals surface area contributed by atoms with Crippen LogP contribution in [-0.4, -0.2) is 9.99 Å². The van der Waals surface area contributed by atoms with Crippen molar-refractivity contribution in [2.45, 2.75) is 16.7 Å². The molecule has 0 saturated heterocycles. The average molecular weight is 346 g/mol. The van der Waals surface area contributed by atoms with Crippen molar-refractivity contribution in [2.75, 3.05) is 0 Å². The molecule has 0 fully saturated rings. The van der Waals surface area contributed by atoms with Crippen LogP contribution in [0.1, 0.15) is 21.5 Å². The average Bonchev–Trinajstić information content (AvgIpc) is 2.67. The first-order valence-corrected chi connectivity index (χ1v) is 9.09. The van der Waals surface area contributed by atoms with E-state index < -0.39 is 10.8 Å². The van der Waals surface area contributed by atoms with E-state index in [0.717, 1.165) is 5.56 Å². The molecule has 0 aliphatic rings. The van der Waals surface area contributed by atoms with Gasteiger partial charge in [0.05, 0.1) is 15.7 Å². The summed E-state index contributed by atoms with van der Waals surface area (Å²) < 4.78 is 13.0. The van der Waals surface area contributed by atoms with E-state index in [1.54, 1.807) is 24.3 Å². The molecule has 3 aromatic carbocycles. The highest BCUT2D eigenvalue weighted by Gasteiger charge is 2.18. The van der Waals surface area contributed by atoms with Crippen LogP contribution in [0, 0.1) is 6.92 Å². The van der Waals surface area contributed by atoms with E-state index in [1.165, 1.54) is 0 Å². The second-order valence-electron chi connectivity index (χ2n) is 5.75. The predicted molar refractivity (Wildman–Crippen MR) is 102 cm³/mol. The largest absolute Gasteiger partial charge is 0.289 e. The van der Waals surface area contributed by atoms with E-state index in [0.29, 0.717) is 26.5 Å². The van der Waals surface area contributed by atoms with Crippen molar-refractivity contribution in [1.29, 1.82) is 0 Å². The molecule has 0 radical (unpaired) electrons. The lowest BCUT2D eigenvalue weighted by molar-refractivity contribution is 0.105. The maximum Gasteiger partial charge on any atom is 0.193 e. The Balaban J connectivity index is 1.98. The van der Waals surface area contributed by atoms with Gasteiger partial charge < -0.3 is 0 Å². The van der Waals surface area contributed by atoms with Crippen LogP contribution in [-0.2, 0) is 10.8 Å². The Morgan fingerprint density at radius 1 is 0.840 bits per heavy atom. The number of Topliss-reactive ketones (excluding diaryl/α,β-unsaturated/α-hetero) is 1. The number of ketones is 1. The normalized spacial score (nSPS) is 11.7. The Labute approximate surface area is 150 Å². The SMILES string of the molecule is C=C(C(=O)c1ccccc1)c1ccccc1S(=O)c1ccc(C)cc1. The summed E-state index contributed by atoms with van der Waals surface area (Å²) >= 11 is 0. The van der Waals surface area contributed by atoms with Gasteiger partial charge in [0.15, 0.2) is 5.78 Å². The Morgan fingerprint density at radius 2 is 1.44 bits per heavy atom. The third kappa shape index (κ3) is 3.67. The lowest BCUT2D eigenvalue weighted by atomic mass is 9.98. The number of carbonyl (C=O) groups excluding carboxylic acids is 1. The van der Waals surface area contributed by atoms with Gasteiger partial charge in [0, 0.05) is 21.6 Å². The summed E-state index contributed by atoms with van der Waals surface area (Å²) in [6.45, 7) is 5.96. The van der Waals surface area contributed by atoms with E-state index in [1.807, 2.05) is 61.5 Å². The quantitative estimate of drug-likeness (QED) is 0.478. The van der Waals surface area contributed by atoms with Crippen molar-refractivity contribution in [3.05, 3.63) is 102 Å². The standard InChI is InChI=1S/C22H18O2S/c1-16-12-14-19(15-13-16)25(24)21-11-7-6-10-20(21)17(2)22(23)18-8-4-3-5-9-18/h3-15H,2H2,1H3. The van der Waals surface area contributed by atoms with Gasteiger partial charge in [-0.05, 0) is 25.1 Å². The second kappa shape index (κ2) is 7.41. The summed E-state index contributed by atoms with van der Waals surface area (Å²) in [5, 5.41) is 0. The molecule has 1 atom stereocenters. The molecule has 0 aliphatic heterocycles. The van der Waals surface area contributed by atoms with Gasteiger partial charge in [-0.1, -0.05) is 72.8 Å². The molecule has 25 heavy (non-hydrogen) atoms. The van der Waals surface area contributed by atoms with Crippen LogP contribution >= 0.6 is 0 Å². The van der Waals surface area contributed by atoms with E-state index in [2.05, 4.69) is 6.58 Å². The van der Waals surface area contributed by atoms with Gasteiger partial charge in [-0.2, -0.15) is 0 Å². The van der Waals surface area contributed by atoms with Crippen LogP contribution < -0.4 is 0 Å². The van der Waals surface area contributed by atoms with Crippen LogP contribution in [0.25, 0.3) is 5.57 Å². The lowest BCUT2D eigenvalue weighted by Crippen LogP contribution is -2.05. The summed E-state index contributed by atoms with van der Waals surface area (Å²) in [6, 6.07) is 23.8. The number of hydrogen-bond acceptors (Lipinski definition) is 2. The fourth-order valence-electron chi connectivity index (χ4n) is 2.55. The smallest absolute Gasteiger partial charge is 0.193 e. The highest BCUT2D eigenvalue weighted by Crippen LogP contribution is 2.27. The number of hydrogen-bond donors (Lipinski definition) is 0. The maximum atomic E-state index is 13.0. The summed E-state index contributed by atoms with van der Waals surface area (Å²) in [5.74, 6) is -0.158. The van der Waals surface area contributed by atoms with Crippen LogP contribution in [0.2, 0.25) is 0 Å². The van der Waals surface area contributed by atoms with Gasteiger partial charge in [0.25, 0.3) is 0 Å². The molecular formula is C22H18O2S. The van der Waals surface area contributed by atoms with Crippen molar-refractivity contribution < 1.29 is 9.00 Å². The minimum absolute atomic E-state index is 0.158. The van der Waals surface area contributed by atoms with Gasteiger partial charge in [-0.25, -0.2) is 4.21 Å². The summed E-state index contributed by atoms with van der Waals surface area (Å²) in [4.78, 5) is 14.0. The number of rotatable bonds is 5.